The lowest BCUT2D eigenvalue weighted by molar-refractivity contribution is -0.128. The van der Waals surface area contributed by atoms with Gasteiger partial charge in [0, 0.05) is 45.6 Å². The highest BCUT2D eigenvalue weighted by Crippen LogP contribution is 2.22. The number of hydrogen-bond donors (Lipinski definition) is 0. The highest BCUT2D eigenvalue weighted by molar-refractivity contribution is 5.78. The number of methoxy groups -OCH3 is 1. The van der Waals surface area contributed by atoms with E-state index in [4.69, 9.17) is 4.74 Å². The van der Waals surface area contributed by atoms with Crippen molar-refractivity contribution in [3.63, 3.8) is 0 Å². The molecule has 0 unspecified atom stereocenters. The number of carbonyl (C=O) groups is 1. The van der Waals surface area contributed by atoms with Crippen LogP contribution in [0, 0.1) is 5.92 Å². The summed E-state index contributed by atoms with van der Waals surface area (Å²) in [5, 5.41) is 0. The molecular formula is C18H23N3O2. The predicted molar refractivity (Wildman–Crippen MR) is 88.0 cm³/mol. The quantitative estimate of drug-likeness (QED) is 0.785. The van der Waals surface area contributed by atoms with Gasteiger partial charge in [0.15, 0.2) is 0 Å². The first-order valence-corrected chi connectivity index (χ1v) is 8.05. The van der Waals surface area contributed by atoms with E-state index in [1.807, 2.05) is 17.4 Å². The molecule has 5 nitrogen and oxygen atoms in total. The average molecular weight is 313 g/mol. The lowest BCUT2D eigenvalue weighted by atomic mass is 9.98. The molecule has 1 saturated heterocycles. The van der Waals surface area contributed by atoms with Crippen molar-refractivity contribution in [3.05, 3.63) is 54.1 Å². The second-order valence-electron chi connectivity index (χ2n) is 6.16. The number of benzene rings is 1. The first-order valence-electron chi connectivity index (χ1n) is 8.05. The highest BCUT2D eigenvalue weighted by Gasteiger charge is 2.28. The Hall–Kier alpha value is -2.14. The molecule has 1 fully saturated rings. The van der Waals surface area contributed by atoms with Gasteiger partial charge >= 0.3 is 0 Å². The van der Waals surface area contributed by atoms with Gasteiger partial charge in [0.05, 0.1) is 12.9 Å². The Labute approximate surface area is 136 Å². The molecule has 1 aliphatic rings. The number of aromatic nitrogens is 2. The van der Waals surface area contributed by atoms with Crippen molar-refractivity contribution in [1.29, 1.82) is 0 Å². The van der Waals surface area contributed by atoms with E-state index in [0.29, 0.717) is 25.5 Å². The number of hydrogen-bond acceptors (Lipinski definition) is 3. The molecule has 0 bridgehead atoms. The van der Waals surface area contributed by atoms with Gasteiger partial charge in [-0.3, -0.25) is 4.79 Å². The Morgan fingerprint density at radius 3 is 2.74 bits per heavy atom. The molecule has 122 valence electrons. The minimum Gasteiger partial charge on any atom is -0.383 e. The normalized spacial score (nSPS) is 17.9. The van der Waals surface area contributed by atoms with Crippen LogP contribution in [0.25, 0.3) is 0 Å². The SMILES string of the molecule is COCCN1C[C@H](Cc2ccc(Cn3ccnc3)cc2)CC1=O. The fraction of sp³-hybridized carbons (Fsp3) is 0.444. The molecule has 1 atom stereocenters. The number of ether oxygens (including phenoxy) is 1. The highest BCUT2D eigenvalue weighted by atomic mass is 16.5. The van der Waals surface area contributed by atoms with E-state index in [0.717, 1.165) is 19.5 Å². The van der Waals surface area contributed by atoms with E-state index >= 15 is 0 Å². The fourth-order valence-corrected chi connectivity index (χ4v) is 3.11. The van der Waals surface area contributed by atoms with E-state index in [1.165, 1.54) is 11.1 Å². The van der Waals surface area contributed by atoms with Crippen LogP contribution >= 0.6 is 0 Å². The third kappa shape index (κ3) is 4.20. The second-order valence-corrected chi connectivity index (χ2v) is 6.16. The zero-order valence-corrected chi connectivity index (χ0v) is 13.5. The topological polar surface area (TPSA) is 47.4 Å². The van der Waals surface area contributed by atoms with Crippen LogP contribution in [0.5, 0.6) is 0 Å². The molecule has 2 aromatic rings. The van der Waals surface area contributed by atoms with Gasteiger partial charge in [-0.2, -0.15) is 0 Å². The number of carbonyl (C=O) groups excluding carboxylic acids is 1. The number of imidazole rings is 1. The molecule has 5 heteroatoms. The van der Waals surface area contributed by atoms with Gasteiger partial charge in [-0.05, 0) is 23.5 Å². The van der Waals surface area contributed by atoms with Crippen molar-refractivity contribution in [1.82, 2.24) is 14.5 Å². The molecule has 3 rings (SSSR count). The monoisotopic (exact) mass is 313 g/mol. The zero-order chi connectivity index (χ0) is 16.1. The minimum absolute atomic E-state index is 0.253. The van der Waals surface area contributed by atoms with E-state index in [2.05, 4.69) is 33.8 Å². The Morgan fingerprint density at radius 1 is 1.26 bits per heavy atom. The van der Waals surface area contributed by atoms with Gasteiger partial charge in [-0.1, -0.05) is 24.3 Å². The smallest absolute Gasteiger partial charge is 0.223 e. The largest absolute Gasteiger partial charge is 0.383 e. The van der Waals surface area contributed by atoms with Crippen LogP contribution in [0.15, 0.2) is 43.0 Å². The maximum atomic E-state index is 12.0. The average Bonchev–Trinajstić information content (AvgIpc) is 3.17. The van der Waals surface area contributed by atoms with E-state index in [1.54, 1.807) is 13.3 Å². The van der Waals surface area contributed by atoms with Gasteiger partial charge in [0.2, 0.25) is 5.91 Å². The van der Waals surface area contributed by atoms with E-state index in [-0.39, 0.29) is 5.91 Å². The second kappa shape index (κ2) is 7.42. The summed E-state index contributed by atoms with van der Waals surface area (Å²) in [5.74, 6) is 0.669. The molecular weight excluding hydrogens is 290 g/mol. The lowest BCUT2D eigenvalue weighted by Gasteiger charge is -2.16. The first-order chi connectivity index (χ1) is 11.2. The van der Waals surface area contributed by atoms with Gasteiger partial charge in [-0.15, -0.1) is 0 Å². The summed E-state index contributed by atoms with van der Waals surface area (Å²) in [6.07, 6.45) is 7.20. The molecule has 1 amide bonds. The maximum Gasteiger partial charge on any atom is 0.223 e. The molecule has 1 aromatic carbocycles. The van der Waals surface area contributed by atoms with Gasteiger partial charge in [0.25, 0.3) is 0 Å². The van der Waals surface area contributed by atoms with Crippen molar-refractivity contribution >= 4 is 5.91 Å². The van der Waals surface area contributed by atoms with Crippen LogP contribution in [0.1, 0.15) is 17.5 Å². The molecule has 23 heavy (non-hydrogen) atoms. The summed E-state index contributed by atoms with van der Waals surface area (Å²) in [4.78, 5) is 17.9. The van der Waals surface area contributed by atoms with Crippen LogP contribution in [0.2, 0.25) is 0 Å². The van der Waals surface area contributed by atoms with E-state index < -0.39 is 0 Å². The van der Waals surface area contributed by atoms with Gasteiger partial charge in [0.1, 0.15) is 0 Å². The Balaban J connectivity index is 1.53. The fourth-order valence-electron chi connectivity index (χ4n) is 3.11. The molecule has 0 radical (unpaired) electrons. The Morgan fingerprint density at radius 2 is 2.04 bits per heavy atom. The van der Waals surface area contributed by atoms with Crippen molar-refractivity contribution in [3.8, 4) is 0 Å². The number of likely N-dealkylation sites (tertiary alicyclic amines) is 1. The van der Waals surface area contributed by atoms with Gasteiger partial charge < -0.3 is 14.2 Å². The van der Waals surface area contributed by atoms with Crippen LogP contribution < -0.4 is 0 Å². The number of nitrogens with zero attached hydrogens (tertiary/aromatic N) is 3. The molecule has 0 N–H and O–H groups in total. The number of amides is 1. The molecule has 2 heterocycles. The lowest BCUT2D eigenvalue weighted by Crippen LogP contribution is -2.28. The third-order valence-corrected chi connectivity index (χ3v) is 4.33. The number of rotatable bonds is 7. The Bertz CT molecular complexity index is 622. The maximum absolute atomic E-state index is 12.0. The molecule has 0 aliphatic carbocycles. The zero-order valence-electron chi connectivity index (χ0n) is 13.5. The molecule has 1 aliphatic heterocycles. The molecule has 1 aromatic heterocycles. The van der Waals surface area contributed by atoms with Crippen molar-refractivity contribution in [2.24, 2.45) is 5.92 Å². The summed E-state index contributed by atoms with van der Waals surface area (Å²) in [5.41, 5.74) is 2.56. The van der Waals surface area contributed by atoms with Gasteiger partial charge in [-0.25, -0.2) is 4.98 Å². The summed E-state index contributed by atoms with van der Waals surface area (Å²) in [6, 6.07) is 8.67. The van der Waals surface area contributed by atoms with Crippen LogP contribution in [0.3, 0.4) is 0 Å². The predicted octanol–water partition coefficient (Wildman–Crippen LogP) is 1.97. The molecule has 0 saturated carbocycles. The minimum atomic E-state index is 0.253. The summed E-state index contributed by atoms with van der Waals surface area (Å²) in [6.45, 7) is 3.00. The van der Waals surface area contributed by atoms with Crippen molar-refractivity contribution in [2.45, 2.75) is 19.4 Å². The summed E-state index contributed by atoms with van der Waals surface area (Å²) >= 11 is 0. The van der Waals surface area contributed by atoms with Crippen LogP contribution in [-0.2, 0) is 22.5 Å². The summed E-state index contributed by atoms with van der Waals surface area (Å²) in [7, 11) is 1.67. The van der Waals surface area contributed by atoms with E-state index in [9.17, 15) is 4.79 Å². The van der Waals surface area contributed by atoms with Crippen molar-refractivity contribution in [2.75, 3.05) is 26.8 Å². The van der Waals surface area contributed by atoms with Crippen LogP contribution in [-0.4, -0.2) is 47.2 Å². The Kier molecular flexibility index (Phi) is 5.08. The summed E-state index contributed by atoms with van der Waals surface area (Å²) < 4.78 is 7.12. The first kappa shape index (κ1) is 15.7. The third-order valence-electron chi connectivity index (χ3n) is 4.33. The molecule has 0 spiro atoms. The van der Waals surface area contributed by atoms with Crippen LogP contribution in [0.4, 0.5) is 0 Å². The van der Waals surface area contributed by atoms with Crippen molar-refractivity contribution < 1.29 is 9.53 Å². The standard InChI is InChI=1S/C18H23N3O2/c1-23-9-8-21-13-17(11-18(21)22)10-15-2-4-16(5-3-15)12-20-7-6-19-14-20/h2-7,14,17H,8-13H2,1H3/t17-/m1/s1.